The lowest BCUT2D eigenvalue weighted by atomic mass is 10.1. The molecule has 106 valence electrons. The Morgan fingerprint density at radius 2 is 1.80 bits per heavy atom. The van der Waals surface area contributed by atoms with Crippen molar-refractivity contribution in [1.82, 2.24) is 4.98 Å². The highest BCUT2D eigenvalue weighted by molar-refractivity contribution is 7.91. The second-order valence-electron chi connectivity index (χ2n) is 4.57. The third kappa shape index (κ3) is 3.79. The molecule has 0 aliphatic heterocycles. The van der Waals surface area contributed by atoms with Crippen molar-refractivity contribution >= 4 is 15.7 Å². The van der Waals surface area contributed by atoms with Gasteiger partial charge >= 0.3 is 0 Å². The van der Waals surface area contributed by atoms with E-state index in [1.807, 2.05) is 12.1 Å². The molecule has 0 saturated carbocycles. The van der Waals surface area contributed by atoms with Gasteiger partial charge in [-0.1, -0.05) is 24.3 Å². The molecular weight excluding hydrogens is 274 g/mol. The molecule has 0 aliphatic rings. The molecule has 0 aliphatic carbocycles. The van der Waals surface area contributed by atoms with Crippen LogP contribution in [0.25, 0.3) is 0 Å². The van der Waals surface area contributed by atoms with Gasteiger partial charge in [0.05, 0.1) is 11.4 Å². The van der Waals surface area contributed by atoms with E-state index in [1.54, 1.807) is 37.5 Å². The summed E-state index contributed by atoms with van der Waals surface area (Å²) in [6, 6.07) is 8.87. The monoisotopic (exact) mass is 291 g/mol. The van der Waals surface area contributed by atoms with Crippen LogP contribution in [0.1, 0.15) is 16.7 Å². The maximum absolute atomic E-state index is 12.1. The second-order valence-corrected chi connectivity index (χ2v) is 6.29. The molecule has 0 saturated heterocycles. The molecule has 0 fully saturated rings. The van der Waals surface area contributed by atoms with Crippen LogP contribution in [-0.4, -0.2) is 13.4 Å². The van der Waals surface area contributed by atoms with E-state index in [-0.39, 0.29) is 5.75 Å². The number of hydrogen-bond acceptors (Lipinski definition) is 4. The van der Waals surface area contributed by atoms with E-state index >= 15 is 0 Å². The third-order valence-electron chi connectivity index (χ3n) is 2.90. The van der Waals surface area contributed by atoms with Gasteiger partial charge in [0.15, 0.2) is 0 Å². The highest BCUT2D eigenvalue weighted by Gasteiger charge is 2.12. The van der Waals surface area contributed by atoms with Crippen molar-refractivity contribution in [3.8, 4) is 0 Å². The number of nitrogens with two attached hydrogens (primary N) is 1. The SMILES string of the molecule is Cc1cnccc1NS(=O)(=O)Cc1ccc(CN)cc1. The average molecular weight is 291 g/mol. The van der Waals surface area contributed by atoms with Crippen LogP contribution in [0.5, 0.6) is 0 Å². The van der Waals surface area contributed by atoms with Gasteiger partial charge in [0, 0.05) is 18.9 Å². The fourth-order valence-electron chi connectivity index (χ4n) is 1.78. The number of aromatic nitrogens is 1. The Morgan fingerprint density at radius 3 is 2.40 bits per heavy atom. The molecular formula is C14H17N3O2S. The Hall–Kier alpha value is -1.92. The quantitative estimate of drug-likeness (QED) is 0.879. The lowest BCUT2D eigenvalue weighted by Crippen LogP contribution is -2.16. The van der Waals surface area contributed by atoms with Gasteiger partial charge in [-0.25, -0.2) is 8.42 Å². The van der Waals surface area contributed by atoms with E-state index in [0.717, 1.165) is 16.7 Å². The molecule has 2 aromatic rings. The van der Waals surface area contributed by atoms with Crippen LogP contribution in [0.4, 0.5) is 5.69 Å². The third-order valence-corrected chi connectivity index (χ3v) is 4.15. The predicted molar refractivity (Wildman–Crippen MR) is 79.6 cm³/mol. The van der Waals surface area contributed by atoms with Crippen LogP contribution >= 0.6 is 0 Å². The standard InChI is InChI=1S/C14H17N3O2S/c1-11-9-16-7-6-14(11)17-20(18,19)10-13-4-2-12(8-15)3-5-13/h2-7,9H,8,10,15H2,1H3,(H,16,17). The smallest absolute Gasteiger partial charge is 0.236 e. The molecule has 1 aromatic heterocycles. The topological polar surface area (TPSA) is 85.1 Å². The Balaban J connectivity index is 2.13. The van der Waals surface area contributed by atoms with E-state index in [0.29, 0.717) is 12.2 Å². The molecule has 1 aromatic carbocycles. The zero-order chi connectivity index (χ0) is 14.6. The van der Waals surface area contributed by atoms with Gasteiger partial charge in [-0.2, -0.15) is 0 Å². The Morgan fingerprint density at radius 1 is 1.15 bits per heavy atom. The van der Waals surface area contributed by atoms with Gasteiger partial charge < -0.3 is 5.73 Å². The van der Waals surface area contributed by atoms with E-state index in [9.17, 15) is 8.42 Å². The molecule has 5 nitrogen and oxygen atoms in total. The van der Waals surface area contributed by atoms with Crippen LogP contribution in [0.15, 0.2) is 42.7 Å². The first-order chi connectivity index (χ1) is 9.50. The molecule has 0 atom stereocenters. The van der Waals surface area contributed by atoms with Crippen LogP contribution in [0.3, 0.4) is 0 Å². The summed E-state index contributed by atoms with van der Waals surface area (Å²) in [4.78, 5) is 3.93. The molecule has 0 bridgehead atoms. The van der Waals surface area contributed by atoms with Crippen molar-refractivity contribution in [2.75, 3.05) is 4.72 Å². The van der Waals surface area contributed by atoms with Crippen LogP contribution in [0, 0.1) is 6.92 Å². The van der Waals surface area contributed by atoms with Crippen molar-refractivity contribution in [2.45, 2.75) is 19.2 Å². The highest BCUT2D eigenvalue weighted by Crippen LogP contribution is 2.16. The van der Waals surface area contributed by atoms with Crippen molar-refractivity contribution in [3.63, 3.8) is 0 Å². The highest BCUT2D eigenvalue weighted by atomic mass is 32.2. The minimum Gasteiger partial charge on any atom is -0.326 e. The number of anilines is 1. The van der Waals surface area contributed by atoms with Gasteiger partial charge in [0.1, 0.15) is 0 Å². The first-order valence-electron chi connectivity index (χ1n) is 6.19. The van der Waals surface area contributed by atoms with Gasteiger partial charge in [-0.3, -0.25) is 9.71 Å². The minimum absolute atomic E-state index is 0.0698. The lowest BCUT2D eigenvalue weighted by Gasteiger charge is -2.10. The first kappa shape index (κ1) is 14.5. The number of pyridine rings is 1. The number of sulfonamides is 1. The number of hydrogen-bond donors (Lipinski definition) is 2. The van der Waals surface area contributed by atoms with Crippen LogP contribution in [-0.2, 0) is 22.3 Å². The van der Waals surface area contributed by atoms with E-state index in [2.05, 4.69) is 9.71 Å². The maximum Gasteiger partial charge on any atom is 0.236 e. The largest absolute Gasteiger partial charge is 0.326 e. The number of nitrogens with one attached hydrogen (secondary N) is 1. The molecule has 3 N–H and O–H groups in total. The number of nitrogens with zero attached hydrogens (tertiary/aromatic N) is 1. The predicted octanol–water partition coefficient (Wildman–Crippen LogP) is 1.79. The molecule has 0 amide bonds. The van der Waals surface area contributed by atoms with E-state index in [1.165, 1.54) is 0 Å². The fraction of sp³-hybridized carbons (Fsp3) is 0.214. The maximum atomic E-state index is 12.1. The number of benzene rings is 1. The summed E-state index contributed by atoms with van der Waals surface area (Å²) in [5.41, 5.74) is 8.55. The summed E-state index contributed by atoms with van der Waals surface area (Å²) in [5.74, 6) is -0.0698. The normalized spacial score (nSPS) is 11.3. The molecule has 2 rings (SSSR count). The zero-order valence-corrected chi connectivity index (χ0v) is 12.0. The van der Waals surface area contributed by atoms with Crippen molar-refractivity contribution < 1.29 is 8.42 Å². The summed E-state index contributed by atoms with van der Waals surface area (Å²) < 4.78 is 26.8. The lowest BCUT2D eigenvalue weighted by molar-refractivity contribution is 0.600. The van der Waals surface area contributed by atoms with Gasteiger partial charge in [0.25, 0.3) is 0 Å². The average Bonchev–Trinajstić information content (AvgIpc) is 2.41. The molecule has 0 radical (unpaired) electrons. The van der Waals surface area contributed by atoms with Crippen LogP contribution in [0.2, 0.25) is 0 Å². The van der Waals surface area contributed by atoms with E-state index in [4.69, 9.17) is 5.73 Å². The Kier molecular flexibility index (Phi) is 4.36. The molecule has 1 heterocycles. The van der Waals surface area contributed by atoms with Crippen molar-refractivity contribution in [2.24, 2.45) is 5.73 Å². The Labute approximate surface area is 118 Å². The van der Waals surface area contributed by atoms with Crippen molar-refractivity contribution in [3.05, 3.63) is 59.4 Å². The van der Waals surface area contributed by atoms with Gasteiger partial charge in [-0.15, -0.1) is 0 Å². The number of aryl methyl sites for hydroxylation is 1. The fourth-order valence-corrected chi connectivity index (χ4v) is 3.05. The number of rotatable bonds is 5. The minimum atomic E-state index is -3.44. The Bertz CT molecular complexity index is 682. The first-order valence-corrected chi connectivity index (χ1v) is 7.84. The zero-order valence-electron chi connectivity index (χ0n) is 11.2. The van der Waals surface area contributed by atoms with Gasteiger partial charge in [0.2, 0.25) is 10.0 Å². The summed E-state index contributed by atoms with van der Waals surface area (Å²) in [6.07, 6.45) is 3.18. The summed E-state index contributed by atoms with van der Waals surface area (Å²) in [6.45, 7) is 2.25. The summed E-state index contributed by atoms with van der Waals surface area (Å²) >= 11 is 0. The molecule has 0 unspecified atom stereocenters. The van der Waals surface area contributed by atoms with Crippen molar-refractivity contribution in [1.29, 1.82) is 0 Å². The molecule has 20 heavy (non-hydrogen) atoms. The van der Waals surface area contributed by atoms with Crippen LogP contribution < -0.4 is 10.5 Å². The van der Waals surface area contributed by atoms with Gasteiger partial charge in [-0.05, 0) is 29.7 Å². The molecule has 0 spiro atoms. The summed E-state index contributed by atoms with van der Waals surface area (Å²) in [5, 5.41) is 0. The van der Waals surface area contributed by atoms with E-state index < -0.39 is 10.0 Å². The second kappa shape index (κ2) is 6.02. The summed E-state index contributed by atoms with van der Waals surface area (Å²) in [7, 11) is -3.44. The molecule has 6 heteroatoms.